The van der Waals surface area contributed by atoms with Crippen LogP contribution in [0.3, 0.4) is 0 Å². The van der Waals surface area contributed by atoms with Crippen molar-refractivity contribution in [1.82, 2.24) is 20.1 Å². The van der Waals surface area contributed by atoms with Crippen molar-refractivity contribution in [2.75, 3.05) is 19.6 Å². The molecule has 2 saturated heterocycles. The van der Waals surface area contributed by atoms with E-state index in [1.807, 2.05) is 18.2 Å². The molecule has 0 spiro atoms. The molecule has 1 aromatic carbocycles. The highest BCUT2D eigenvalue weighted by Gasteiger charge is 2.55. The van der Waals surface area contributed by atoms with Gasteiger partial charge in [0.05, 0.1) is 12.2 Å². The summed E-state index contributed by atoms with van der Waals surface area (Å²) in [5, 5.41) is 3.05. The standard InChI is InChI=1S/C26H30N4O4/c1-3-4-15-30-24(32)26(28-25(30)33,14-8-11-20-9-6-5-7-10-20)21-12-16-29(17-13-21)23(31)22-19(2)27-18-34-22/h5-7,9-10,18,21H,8,11-17H2,1-2H3,(H,28,33). The normalized spacial score (nSPS) is 20.8. The van der Waals surface area contributed by atoms with E-state index in [1.165, 1.54) is 16.9 Å². The maximum absolute atomic E-state index is 13.6. The first-order valence-electron chi connectivity index (χ1n) is 11.7. The van der Waals surface area contributed by atoms with E-state index in [0.717, 1.165) is 12.8 Å². The number of piperidine rings is 1. The van der Waals surface area contributed by atoms with Gasteiger partial charge in [0.2, 0.25) is 5.76 Å². The molecule has 1 unspecified atom stereocenters. The van der Waals surface area contributed by atoms with E-state index < -0.39 is 5.54 Å². The van der Waals surface area contributed by atoms with Gasteiger partial charge in [0.25, 0.3) is 11.8 Å². The zero-order valence-electron chi connectivity index (χ0n) is 19.7. The number of benzene rings is 1. The Bertz CT molecular complexity index is 1110. The Morgan fingerprint density at radius 2 is 1.97 bits per heavy atom. The number of hydrogen-bond acceptors (Lipinski definition) is 5. The van der Waals surface area contributed by atoms with Crippen LogP contribution in [-0.4, -0.2) is 57.8 Å². The second kappa shape index (κ2) is 10.1. The number of nitrogens with zero attached hydrogens (tertiary/aromatic N) is 3. The minimum absolute atomic E-state index is 0.0702. The van der Waals surface area contributed by atoms with Crippen molar-refractivity contribution in [2.24, 2.45) is 5.92 Å². The number of nitrogens with one attached hydrogen (secondary N) is 1. The Balaban J connectivity index is 1.49. The summed E-state index contributed by atoms with van der Waals surface area (Å²) < 4.78 is 5.27. The molecule has 2 fully saturated rings. The van der Waals surface area contributed by atoms with Crippen LogP contribution in [0.25, 0.3) is 0 Å². The van der Waals surface area contributed by atoms with Crippen LogP contribution in [0.1, 0.15) is 54.4 Å². The molecule has 2 aromatic rings. The largest absolute Gasteiger partial charge is 0.438 e. The van der Waals surface area contributed by atoms with Crippen LogP contribution in [0.4, 0.5) is 4.79 Å². The van der Waals surface area contributed by atoms with Gasteiger partial charge in [0.15, 0.2) is 6.39 Å². The molecule has 2 aliphatic rings. The topological polar surface area (TPSA) is 95.8 Å². The lowest BCUT2D eigenvalue weighted by Crippen LogP contribution is -2.56. The molecule has 2 aliphatic heterocycles. The van der Waals surface area contributed by atoms with E-state index in [1.54, 1.807) is 18.7 Å². The van der Waals surface area contributed by atoms with Crippen LogP contribution in [0.2, 0.25) is 0 Å². The van der Waals surface area contributed by atoms with Crippen molar-refractivity contribution in [3.05, 3.63) is 53.7 Å². The van der Waals surface area contributed by atoms with Crippen molar-refractivity contribution >= 4 is 17.8 Å². The SMILES string of the molecule is CC#CCN1C(=O)NC(CCCc2ccccc2)(C2CCN(C(=O)c3ocnc3C)CC2)C1=O. The first kappa shape index (κ1) is 23.6. The second-order valence-corrected chi connectivity index (χ2v) is 8.89. The van der Waals surface area contributed by atoms with Crippen molar-refractivity contribution in [1.29, 1.82) is 0 Å². The van der Waals surface area contributed by atoms with Gasteiger partial charge in [-0.2, -0.15) is 0 Å². The van der Waals surface area contributed by atoms with Crippen LogP contribution in [-0.2, 0) is 11.2 Å². The Morgan fingerprint density at radius 1 is 1.24 bits per heavy atom. The minimum atomic E-state index is -0.974. The highest BCUT2D eigenvalue weighted by Crippen LogP contribution is 2.37. The van der Waals surface area contributed by atoms with Gasteiger partial charge in [-0.15, -0.1) is 5.92 Å². The van der Waals surface area contributed by atoms with E-state index in [2.05, 4.69) is 34.3 Å². The molecule has 1 atom stereocenters. The number of imide groups is 1. The third-order valence-electron chi connectivity index (χ3n) is 6.91. The maximum Gasteiger partial charge on any atom is 0.325 e. The molecule has 0 aliphatic carbocycles. The average Bonchev–Trinajstić information content (AvgIpc) is 3.39. The number of oxazole rings is 1. The van der Waals surface area contributed by atoms with Gasteiger partial charge in [-0.3, -0.25) is 14.5 Å². The highest BCUT2D eigenvalue weighted by atomic mass is 16.3. The Kier molecular flexibility index (Phi) is 7.01. The molecule has 4 amide bonds. The predicted octanol–water partition coefficient (Wildman–Crippen LogP) is 3.17. The van der Waals surface area contributed by atoms with Gasteiger partial charge in [-0.05, 0) is 57.4 Å². The molecule has 0 radical (unpaired) electrons. The minimum Gasteiger partial charge on any atom is -0.438 e. The number of carbonyl (C=O) groups is 3. The number of amides is 4. The maximum atomic E-state index is 13.6. The van der Waals surface area contributed by atoms with Crippen molar-refractivity contribution in [3.63, 3.8) is 0 Å². The Hall–Kier alpha value is -3.60. The van der Waals surface area contributed by atoms with E-state index >= 15 is 0 Å². The summed E-state index contributed by atoms with van der Waals surface area (Å²) in [6.45, 7) is 4.49. The summed E-state index contributed by atoms with van der Waals surface area (Å²) in [7, 11) is 0. The number of carbonyl (C=O) groups excluding carboxylic acids is 3. The summed E-state index contributed by atoms with van der Waals surface area (Å²) in [5.41, 5.74) is 0.792. The molecule has 34 heavy (non-hydrogen) atoms. The zero-order chi connectivity index (χ0) is 24.1. The van der Waals surface area contributed by atoms with Crippen LogP contribution in [0.5, 0.6) is 0 Å². The van der Waals surface area contributed by atoms with Gasteiger partial charge in [0, 0.05) is 13.1 Å². The molecule has 4 rings (SSSR count). The van der Waals surface area contributed by atoms with Gasteiger partial charge in [-0.25, -0.2) is 9.78 Å². The molecule has 1 aromatic heterocycles. The lowest BCUT2D eigenvalue weighted by Gasteiger charge is -2.40. The summed E-state index contributed by atoms with van der Waals surface area (Å²) in [5.74, 6) is 5.40. The van der Waals surface area contributed by atoms with E-state index in [-0.39, 0.29) is 36.1 Å². The van der Waals surface area contributed by atoms with Gasteiger partial charge in [-0.1, -0.05) is 36.3 Å². The molecule has 0 saturated carbocycles. The Labute approximate surface area is 199 Å². The first-order valence-corrected chi connectivity index (χ1v) is 11.7. The predicted molar refractivity (Wildman–Crippen MR) is 126 cm³/mol. The highest BCUT2D eigenvalue weighted by molar-refractivity contribution is 6.07. The molecule has 178 valence electrons. The van der Waals surface area contributed by atoms with Crippen molar-refractivity contribution < 1.29 is 18.8 Å². The van der Waals surface area contributed by atoms with Gasteiger partial charge in [0.1, 0.15) is 5.54 Å². The lowest BCUT2D eigenvalue weighted by atomic mass is 9.74. The van der Waals surface area contributed by atoms with Crippen LogP contribution in [0.15, 0.2) is 41.1 Å². The number of rotatable bonds is 7. The summed E-state index contributed by atoms with van der Waals surface area (Å²) in [6.07, 6.45) is 4.63. The van der Waals surface area contributed by atoms with E-state index in [9.17, 15) is 14.4 Å². The quantitative estimate of drug-likeness (QED) is 0.504. The monoisotopic (exact) mass is 462 g/mol. The molecular formula is C26H30N4O4. The molecule has 1 N–H and O–H groups in total. The molecule has 8 heteroatoms. The fourth-order valence-corrected chi connectivity index (χ4v) is 5.04. The fraction of sp³-hybridized carbons (Fsp3) is 0.462. The smallest absolute Gasteiger partial charge is 0.325 e. The van der Waals surface area contributed by atoms with E-state index in [0.29, 0.717) is 38.0 Å². The van der Waals surface area contributed by atoms with Crippen LogP contribution in [0, 0.1) is 24.7 Å². The number of hydrogen-bond donors (Lipinski definition) is 1. The Morgan fingerprint density at radius 3 is 2.62 bits per heavy atom. The number of aryl methyl sites for hydroxylation is 2. The van der Waals surface area contributed by atoms with Crippen molar-refractivity contribution in [3.8, 4) is 11.8 Å². The summed E-state index contributed by atoms with van der Waals surface area (Å²) in [6, 6.07) is 9.74. The summed E-state index contributed by atoms with van der Waals surface area (Å²) >= 11 is 0. The lowest BCUT2D eigenvalue weighted by molar-refractivity contribution is -0.133. The summed E-state index contributed by atoms with van der Waals surface area (Å²) in [4.78, 5) is 46.2. The molecule has 8 nitrogen and oxygen atoms in total. The molecular weight excluding hydrogens is 432 g/mol. The zero-order valence-corrected chi connectivity index (χ0v) is 19.7. The van der Waals surface area contributed by atoms with Gasteiger partial charge >= 0.3 is 6.03 Å². The average molecular weight is 463 g/mol. The number of urea groups is 1. The van der Waals surface area contributed by atoms with Crippen LogP contribution >= 0.6 is 0 Å². The molecule has 0 bridgehead atoms. The first-order chi connectivity index (χ1) is 16.5. The number of aromatic nitrogens is 1. The van der Waals surface area contributed by atoms with Crippen LogP contribution < -0.4 is 5.32 Å². The van der Waals surface area contributed by atoms with Crippen molar-refractivity contribution in [2.45, 2.75) is 51.5 Å². The second-order valence-electron chi connectivity index (χ2n) is 8.89. The third kappa shape index (κ3) is 4.56. The molecule has 3 heterocycles. The third-order valence-corrected chi connectivity index (χ3v) is 6.91. The number of likely N-dealkylation sites (tertiary alicyclic amines) is 1. The van der Waals surface area contributed by atoms with Gasteiger partial charge < -0.3 is 14.6 Å². The fourth-order valence-electron chi connectivity index (χ4n) is 5.04. The van der Waals surface area contributed by atoms with E-state index in [4.69, 9.17) is 4.42 Å².